The standard InChI is InChI=1S/C32H39N7/c1-5-9-23(18-24(6-2)35-31-21(3)25-10-7-8-11-28(25)38(31)4)30-36-27-20-34-19-26(22-12-13-22)29(27)32(37-30)39-16-14-33-15-17-39/h5,7-8,10-11,19-20,22-23,33H,1,6,9,12-18H2,2-4H3. The molecule has 0 bridgehead atoms. The fourth-order valence-corrected chi connectivity index (χ4v) is 6.01. The first kappa shape index (κ1) is 25.7. The molecule has 0 amide bonds. The van der Waals surface area contributed by atoms with Crippen LogP contribution in [0.25, 0.3) is 21.8 Å². The van der Waals surface area contributed by atoms with Crippen molar-refractivity contribution in [3.05, 3.63) is 66.3 Å². The van der Waals surface area contributed by atoms with Crippen LogP contribution < -0.4 is 10.2 Å². The number of aromatic nitrogens is 4. The molecule has 1 saturated heterocycles. The summed E-state index contributed by atoms with van der Waals surface area (Å²) >= 11 is 0. The normalized spacial score (nSPS) is 17.2. The van der Waals surface area contributed by atoms with Crippen molar-refractivity contribution in [2.45, 2.75) is 57.8 Å². The van der Waals surface area contributed by atoms with E-state index in [-0.39, 0.29) is 5.92 Å². The van der Waals surface area contributed by atoms with E-state index in [0.29, 0.717) is 5.92 Å². The molecule has 7 heteroatoms. The largest absolute Gasteiger partial charge is 0.353 e. The Morgan fingerprint density at radius 3 is 2.69 bits per heavy atom. The zero-order chi connectivity index (χ0) is 26.9. The molecule has 1 aliphatic carbocycles. The lowest BCUT2D eigenvalue weighted by atomic mass is 9.95. The molecule has 1 aliphatic heterocycles. The first-order valence-corrected chi connectivity index (χ1v) is 14.4. The van der Waals surface area contributed by atoms with Gasteiger partial charge >= 0.3 is 0 Å². The van der Waals surface area contributed by atoms with Gasteiger partial charge in [0.25, 0.3) is 0 Å². The molecule has 4 aromatic rings. The van der Waals surface area contributed by atoms with Crippen molar-refractivity contribution in [2.75, 3.05) is 31.1 Å². The maximum Gasteiger partial charge on any atom is 0.140 e. The summed E-state index contributed by atoms with van der Waals surface area (Å²) in [6, 6.07) is 8.53. The number of pyridine rings is 1. The number of hydrogen-bond donors (Lipinski definition) is 1. The molecule has 2 fully saturated rings. The Morgan fingerprint density at radius 1 is 1.18 bits per heavy atom. The number of nitrogens with one attached hydrogen (secondary N) is 1. The quantitative estimate of drug-likeness (QED) is 0.205. The van der Waals surface area contributed by atoms with Gasteiger partial charge in [0.2, 0.25) is 0 Å². The first-order valence-electron chi connectivity index (χ1n) is 14.4. The number of aryl methyl sites for hydroxylation is 2. The molecule has 4 heterocycles. The van der Waals surface area contributed by atoms with Gasteiger partial charge in [-0.2, -0.15) is 0 Å². The number of allylic oxidation sites excluding steroid dienone is 1. The van der Waals surface area contributed by atoms with Gasteiger partial charge in [-0.25, -0.2) is 15.0 Å². The highest BCUT2D eigenvalue weighted by atomic mass is 15.2. The lowest BCUT2D eigenvalue weighted by molar-refractivity contribution is 0.582. The topological polar surface area (TPSA) is 71.2 Å². The van der Waals surface area contributed by atoms with Crippen LogP contribution in [0.5, 0.6) is 0 Å². The highest BCUT2D eigenvalue weighted by molar-refractivity contribution is 5.94. The molecule has 1 N–H and O–H groups in total. The van der Waals surface area contributed by atoms with E-state index in [1.807, 2.05) is 18.5 Å². The Hall–Kier alpha value is -3.58. The Kier molecular flexibility index (Phi) is 7.17. The third kappa shape index (κ3) is 4.96. The predicted octanol–water partition coefficient (Wildman–Crippen LogP) is 6.34. The van der Waals surface area contributed by atoms with E-state index < -0.39 is 0 Å². The highest BCUT2D eigenvalue weighted by Crippen LogP contribution is 2.45. The number of rotatable bonds is 9. The van der Waals surface area contributed by atoms with E-state index in [1.54, 1.807) is 0 Å². The van der Waals surface area contributed by atoms with Crippen LogP contribution in [0.1, 0.15) is 67.8 Å². The van der Waals surface area contributed by atoms with Gasteiger partial charge in [-0.3, -0.25) is 4.98 Å². The summed E-state index contributed by atoms with van der Waals surface area (Å²) in [4.78, 5) is 22.8. The molecule has 0 spiro atoms. The minimum absolute atomic E-state index is 0.104. The van der Waals surface area contributed by atoms with E-state index in [4.69, 9.17) is 15.0 Å². The minimum Gasteiger partial charge on any atom is -0.353 e. The SMILES string of the molecule is C=CCC(CC(CC)=Nc1c(C)c2ccccc2n1C)c1nc(N2CCNCC2)c2c(C3CC3)cncc2n1. The van der Waals surface area contributed by atoms with E-state index >= 15 is 0 Å². The van der Waals surface area contributed by atoms with Crippen LogP contribution in [-0.2, 0) is 7.05 Å². The molecule has 1 unspecified atom stereocenters. The number of fused-ring (bicyclic) bond motifs is 2. The molecule has 1 aromatic carbocycles. The summed E-state index contributed by atoms with van der Waals surface area (Å²) < 4.78 is 2.21. The molecule has 6 rings (SSSR count). The van der Waals surface area contributed by atoms with Gasteiger partial charge in [0.15, 0.2) is 0 Å². The summed E-state index contributed by atoms with van der Waals surface area (Å²) in [5.74, 6) is 3.68. The monoisotopic (exact) mass is 521 g/mol. The maximum atomic E-state index is 5.33. The van der Waals surface area contributed by atoms with Gasteiger partial charge in [0, 0.05) is 72.9 Å². The van der Waals surface area contributed by atoms with Crippen molar-refractivity contribution >= 4 is 39.2 Å². The van der Waals surface area contributed by atoms with Gasteiger partial charge in [0.05, 0.1) is 11.7 Å². The van der Waals surface area contributed by atoms with E-state index in [2.05, 4.69) is 71.5 Å². The lowest BCUT2D eigenvalue weighted by Gasteiger charge is -2.30. The average molecular weight is 522 g/mol. The van der Waals surface area contributed by atoms with Crippen LogP contribution in [0.15, 0.2) is 54.3 Å². The van der Waals surface area contributed by atoms with Crippen molar-refractivity contribution in [3.63, 3.8) is 0 Å². The van der Waals surface area contributed by atoms with Gasteiger partial charge < -0.3 is 14.8 Å². The second kappa shape index (κ2) is 10.9. The Balaban J connectivity index is 1.42. The van der Waals surface area contributed by atoms with Crippen molar-refractivity contribution in [3.8, 4) is 0 Å². The van der Waals surface area contributed by atoms with Crippen molar-refractivity contribution < 1.29 is 0 Å². The second-order valence-corrected chi connectivity index (χ2v) is 11.0. The van der Waals surface area contributed by atoms with Gasteiger partial charge in [-0.15, -0.1) is 6.58 Å². The van der Waals surface area contributed by atoms with Crippen molar-refractivity contribution in [1.82, 2.24) is 24.8 Å². The summed E-state index contributed by atoms with van der Waals surface area (Å²) in [6.45, 7) is 12.3. The summed E-state index contributed by atoms with van der Waals surface area (Å²) in [6.07, 6.45) is 10.9. The number of piperazine rings is 1. The van der Waals surface area contributed by atoms with E-state index in [9.17, 15) is 0 Å². The number of para-hydroxylation sites is 1. The fourth-order valence-electron chi connectivity index (χ4n) is 6.01. The smallest absolute Gasteiger partial charge is 0.140 e. The molecular formula is C32H39N7. The summed E-state index contributed by atoms with van der Waals surface area (Å²) in [7, 11) is 2.11. The third-order valence-corrected chi connectivity index (χ3v) is 8.36. The van der Waals surface area contributed by atoms with Crippen LogP contribution in [0.4, 0.5) is 11.6 Å². The van der Waals surface area contributed by atoms with Crippen LogP contribution in [0, 0.1) is 6.92 Å². The highest BCUT2D eigenvalue weighted by Gasteiger charge is 2.30. The molecule has 0 radical (unpaired) electrons. The minimum atomic E-state index is 0.104. The number of hydrogen-bond acceptors (Lipinski definition) is 6. The van der Waals surface area contributed by atoms with E-state index in [1.165, 1.54) is 40.3 Å². The van der Waals surface area contributed by atoms with Gasteiger partial charge in [0.1, 0.15) is 17.5 Å². The maximum absolute atomic E-state index is 5.33. The molecule has 2 aliphatic rings. The zero-order valence-corrected chi connectivity index (χ0v) is 23.5. The number of anilines is 1. The predicted molar refractivity (Wildman–Crippen MR) is 162 cm³/mol. The zero-order valence-electron chi connectivity index (χ0n) is 23.5. The van der Waals surface area contributed by atoms with Crippen LogP contribution in [0.2, 0.25) is 0 Å². The fraction of sp³-hybridized carbons (Fsp3) is 0.438. The van der Waals surface area contributed by atoms with Gasteiger partial charge in [-0.1, -0.05) is 31.2 Å². The Labute approximate surface area is 231 Å². The molecule has 1 saturated carbocycles. The summed E-state index contributed by atoms with van der Waals surface area (Å²) in [5.41, 5.74) is 5.87. The molecule has 39 heavy (non-hydrogen) atoms. The Morgan fingerprint density at radius 2 is 1.97 bits per heavy atom. The van der Waals surface area contributed by atoms with Crippen LogP contribution >= 0.6 is 0 Å². The van der Waals surface area contributed by atoms with Gasteiger partial charge in [-0.05, 0) is 56.6 Å². The lowest BCUT2D eigenvalue weighted by Crippen LogP contribution is -2.44. The summed E-state index contributed by atoms with van der Waals surface area (Å²) in [5, 5.41) is 5.95. The average Bonchev–Trinajstić information content (AvgIpc) is 3.80. The number of benzene rings is 1. The van der Waals surface area contributed by atoms with Crippen LogP contribution in [-0.4, -0.2) is 51.4 Å². The molecule has 1 atom stereocenters. The first-order chi connectivity index (χ1) is 19.1. The molecular weight excluding hydrogens is 482 g/mol. The van der Waals surface area contributed by atoms with Crippen LogP contribution in [0.3, 0.4) is 0 Å². The number of aliphatic imine (C=N–C) groups is 1. The Bertz CT molecular complexity index is 1500. The second-order valence-electron chi connectivity index (χ2n) is 11.0. The van der Waals surface area contributed by atoms with E-state index in [0.717, 1.165) is 74.1 Å². The molecule has 3 aromatic heterocycles. The number of nitrogens with zero attached hydrogens (tertiary/aromatic N) is 6. The van der Waals surface area contributed by atoms with Crippen molar-refractivity contribution in [1.29, 1.82) is 0 Å². The van der Waals surface area contributed by atoms with Crippen molar-refractivity contribution in [2.24, 2.45) is 12.0 Å². The third-order valence-electron chi connectivity index (χ3n) is 8.36. The molecule has 7 nitrogen and oxygen atoms in total. The molecule has 202 valence electrons.